The molecule has 0 aromatic heterocycles. The molecule has 2 heterocycles. The zero-order valence-electron chi connectivity index (χ0n) is 11.0. The highest BCUT2D eigenvalue weighted by Crippen LogP contribution is 2.28. The van der Waals surface area contributed by atoms with Crippen molar-refractivity contribution in [3.05, 3.63) is 0 Å². The minimum Gasteiger partial charge on any atom is -0.309 e. The molecule has 0 unspecified atom stereocenters. The molecule has 0 radical (unpaired) electrons. The van der Waals surface area contributed by atoms with E-state index in [4.69, 9.17) is 0 Å². The highest BCUT2D eigenvalue weighted by molar-refractivity contribution is 5.89. The van der Waals surface area contributed by atoms with Crippen molar-refractivity contribution >= 4 is 17.8 Å². The molecule has 0 aliphatic carbocycles. The number of urea groups is 1. The van der Waals surface area contributed by atoms with Crippen LogP contribution in [-0.2, 0) is 9.59 Å². The molecule has 2 aliphatic heterocycles. The Labute approximate surface area is 110 Å². The predicted octanol–water partition coefficient (Wildman–Crippen LogP) is -0.456. The Morgan fingerprint density at radius 2 is 2.16 bits per heavy atom. The fourth-order valence-electron chi connectivity index (χ4n) is 2.46. The number of hydroxylamine groups is 2. The third kappa shape index (κ3) is 2.35. The lowest BCUT2D eigenvalue weighted by Crippen LogP contribution is -2.54. The van der Waals surface area contributed by atoms with Crippen LogP contribution >= 0.6 is 0 Å². The maximum atomic E-state index is 12.1. The summed E-state index contributed by atoms with van der Waals surface area (Å²) in [5.41, 5.74) is 2.47. The van der Waals surface area contributed by atoms with Crippen LogP contribution in [0.5, 0.6) is 0 Å². The van der Waals surface area contributed by atoms with Gasteiger partial charge < -0.3 is 4.90 Å². The summed E-state index contributed by atoms with van der Waals surface area (Å²) >= 11 is 0. The van der Waals surface area contributed by atoms with Gasteiger partial charge in [-0.15, -0.1) is 0 Å². The molecule has 2 aliphatic rings. The van der Waals surface area contributed by atoms with Crippen molar-refractivity contribution in [2.45, 2.75) is 38.3 Å². The average molecular weight is 270 g/mol. The molecule has 8 nitrogen and oxygen atoms in total. The lowest BCUT2D eigenvalue weighted by atomic mass is 10.0. The van der Waals surface area contributed by atoms with Crippen LogP contribution < -0.4 is 5.43 Å². The number of piperidine rings is 1. The second kappa shape index (κ2) is 5.04. The van der Waals surface area contributed by atoms with E-state index in [9.17, 15) is 19.6 Å². The first-order valence-electron chi connectivity index (χ1n) is 6.31. The molecule has 0 aromatic carbocycles. The number of carbonyl (C=O) groups is 3. The zero-order chi connectivity index (χ0) is 14.2. The van der Waals surface area contributed by atoms with Gasteiger partial charge in [0.15, 0.2) is 0 Å². The van der Waals surface area contributed by atoms with Gasteiger partial charge in [0.25, 0.3) is 5.91 Å². The number of nitrogens with one attached hydrogen (secondary N) is 1. The number of carbonyl (C=O) groups excluding carboxylic acids is 3. The first-order valence-corrected chi connectivity index (χ1v) is 6.31. The molecule has 2 saturated heterocycles. The van der Waals surface area contributed by atoms with Crippen molar-refractivity contribution in [1.29, 1.82) is 0 Å². The fraction of sp³-hybridized carbons (Fsp3) is 0.727. The highest BCUT2D eigenvalue weighted by Gasteiger charge is 2.46. The topological polar surface area (TPSA) is 93.2 Å². The molecule has 106 valence electrons. The largest absolute Gasteiger partial charge is 0.344 e. The number of hydrazine groups is 1. The van der Waals surface area contributed by atoms with Crippen LogP contribution in [0.1, 0.15) is 26.2 Å². The first-order chi connectivity index (χ1) is 8.95. The van der Waals surface area contributed by atoms with E-state index in [0.29, 0.717) is 24.4 Å². The van der Waals surface area contributed by atoms with E-state index in [1.54, 1.807) is 6.92 Å². The summed E-state index contributed by atoms with van der Waals surface area (Å²) in [6.07, 6.45) is 1.34. The van der Waals surface area contributed by atoms with E-state index >= 15 is 0 Å². The predicted molar refractivity (Wildman–Crippen MR) is 63.7 cm³/mol. The molecule has 0 aromatic rings. The average Bonchev–Trinajstić information content (AvgIpc) is 2.63. The maximum Gasteiger partial charge on any atom is 0.344 e. The van der Waals surface area contributed by atoms with Crippen molar-refractivity contribution in [3.63, 3.8) is 0 Å². The highest BCUT2D eigenvalue weighted by atomic mass is 16.5. The van der Waals surface area contributed by atoms with Crippen LogP contribution in [0.4, 0.5) is 4.79 Å². The summed E-state index contributed by atoms with van der Waals surface area (Å²) in [5, 5.41) is 11.3. The minimum atomic E-state index is -0.631. The van der Waals surface area contributed by atoms with E-state index in [0.717, 1.165) is 5.01 Å². The van der Waals surface area contributed by atoms with Gasteiger partial charge in [0.05, 0.1) is 6.04 Å². The summed E-state index contributed by atoms with van der Waals surface area (Å²) in [5.74, 6) is -0.607. The smallest absolute Gasteiger partial charge is 0.309 e. The molecule has 8 heteroatoms. The van der Waals surface area contributed by atoms with E-state index < -0.39 is 18.0 Å². The lowest BCUT2D eigenvalue weighted by molar-refractivity contribution is -0.141. The fourth-order valence-corrected chi connectivity index (χ4v) is 2.46. The van der Waals surface area contributed by atoms with Crippen LogP contribution in [0.25, 0.3) is 0 Å². The van der Waals surface area contributed by atoms with Gasteiger partial charge in [-0.05, 0) is 12.8 Å². The Balaban J connectivity index is 2.00. The SMILES string of the molecule is CCC(=O)N(C)NC(=O)[C@H]1CC[C@H]2CN1C(=O)N2O. The Kier molecular flexibility index (Phi) is 3.61. The number of amides is 4. The minimum absolute atomic E-state index is 0.210. The molecular weight excluding hydrogens is 252 g/mol. The summed E-state index contributed by atoms with van der Waals surface area (Å²) in [6.45, 7) is 2.04. The maximum absolute atomic E-state index is 12.1. The second-order valence-electron chi connectivity index (χ2n) is 4.81. The standard InChI is InChI=1S/C11H18N4O4/c1-3-9(16)13(2)12-10(17)8-5-4-7-6-14(8)11(18)15(7)19/h7-8,19H,3-6H2,1-2H3,(H,12,17)/t7-,8+/m0/s1. The molecule has 2 N–H and O–H groups in total. The van der Waals surface area contributed by atoms with Crippen LogP contribution in [0.2, 0.25) is 0 Å². The van der Waals surface area contributed by atoms with E-state index in [1.807, 2.05) is 0 Å². The summed E-state index contributed by atoms with van der Waals surface area (Å²) in [7, 11) is 1.47. The molecule has 0 spiro atoms. The molecule has 0 saturated carbocycles. The van der Waals surface area contributed by atoms with E-state index in [1.165, 1.54) is 11.9 Å². The normalized spacial score (nSPS) is 25.5. The molecule has 4 amide bonds. The number of nitrogens with zero attached hydrogens (tertiary/aromatic N) is 3. The van der Waals surface area contributed by atoms with E-state index in [2.05, 4.69) is 5.43 Å². The second-order valence-corrected chi connectivity index (χ2v) is 4.81. The van der Waals surface area contributed by atoms with Gasteiger partial charge in [-0.3, -0.25) is 25.2 Å². The monoisotopic (exact) mass is 270 g/mol. The Bertz CT molecular complexity index is 413. The Hall–Kier alpha value is -1.83. The number of rotatable bonds is 2. The summed E-state index contributed by atoms with van der Waals surface area (Å²) < 4.78 is 0. The van der Waals surface area contributed by atoms with Gasteiger partial charge in [-0.2, -0.15) is 0 Å². The molecule has 2 rings (SSSR count). The van der Waals surface area contributed by atoms with Crippen LogP contribution in [0, 0.1) is 0 Å². The molecule has 2 fully saturated rings. The first kappa shape index (κ1) is 13.6. The van der Waals surface area contributed by atoms with Crippen molar-refractivity contribution in [2.24, 2.45) is 0 Å². The number of hydrogen-bond donors (Lipinski definition) is 2. The van der Waals surface area contributed by atoms with Crippen molar-refractivity contribution < 1.29 is 19.6 Å². The third-order valence-electron chi connectivity index (χ3n) is 3.60. The zero-order valence-corrected chi connectivity index (χ0v) is 11.0. The molecule has 2 atom stereocenters. The van der Waals surface area contributed by atoms with Crippen molar-refractivity contribution in [3.8, 4) is 0 Å². The van der Waals surface area contributed by atoms with Crippen molar-refractivity contribution in [1.82, 2.24) is 20.4 Å². The van der Waals surface area contributed by atoms with Crippen LogP contribution in [0.3, 0.4) is 0 Å². The summed E-state index contributed by atoms with van der Waals surface area (Å²) in [6, 6.07) is -1.41. The van der Waals surface area contributed by atoms with Gasteiger partial charge in [0.1, 0.15) is 6.04 Å². The van der Waals surface area contributed by atoms with Crippen LogP contribution in [0.15, 0.2) is 0 Å². The van der Waals surface area contributed by atoms with Crippen molar-refractivity contribution in [2.75, 3.05) is 13.6 Å². The van der Waals surface area contributed by atoms with Crippen LogP contribution in [-0.4, -0.2) is 63.7 Å². The number of fused-ring (bicyclic) bond motifs is 2. The molecule has 2 bridgehead atoms. The molecule has 19 heavy (non-hydrogen) atoms. The van der Waals surface area contributed by atoms with Gasteiger partial charge in [-0.25, -0.2) is 9.86 Å². The Morgan fingerprint density at radius 3 is 2.79 bits per heavy atom. The van der Waals surface area contributed by atoms with E-state index in [-0.39, 0.29) is 18.4 Å². The Morgan fingerprint density at radius 1 is 1.47 bits per heavy atom. The molecular formula is C11H18N4O4. The van der Waals surface area contributed by atoms with Gasteiger partial charge in [0.2, 0.25) is 5.91 Å². The lowest BCUT2D eigenvalue weighted by Gasteiger charge is -2.30. The quantitative estimate of drug-likeness (QED) is 0.524. The number of hydrogen-bond acceptors (Lipinski definition) is 4. The van der Waals surface area contributed by atoms with Gasteiger partial charge in [-0.1, -0.05) is 6.92 Å². The van der Waals surface area contributed by atoms with Gasteiger partial charge in [0, 0.05) is 20.0 Å². The summed E-state index contributed by atoms with van der Waals surface area (Å²) in [4.78, 5) is 36.5. The third-order valence-corrected chi connectivity index (χ3v) is 3.60. The van der Waals surface area contributed by atoms with Gasteiger partial charge >= 0.3 is 6.03 Å².